The SMILES string of the molecule is COC(=N)CCCc1c(C)cc(C)cc1OC. The summed E-state index contributed by atoms with van der Waals surface area (Å²) in [6.07, 6.45) is 2.50. The van der Waals surface area contributed by atoms with Crippen molar-refractivity contribution in [2.45, 2.75) is 33.1 Å². The minimum Gasteiger partial charge on any atom is -0.496 e. The van der Waals surface area contributed by atoms with E-state index in [1.54, 1.807) is 14.2 Å². The van der Waals surface area contributed by atoms with Crippen LogP contribution in [-0.2, 0) is 11.2 Å². The molecule has 94 valence electrons. The number of hydrogen-bond donors (Lipinski definition) is 1. The van der Waals surface area contributed by atoms with Crippen molar-refractivity contribution in [2.75, 3.05) is 14.2 Å². The molecule has 0 amide bonds. The van der Waals surface area contributed by atoms with Gasteiger partial charge in [-0.3, -0.25) is 5.41 Å². The second-order valence-electron chi connectivity index (χ2n) is 4.24. The molecule has 0 bridgehead atoms. The summed E-state index contributed by atoms with van der Waals surface area (Å²) in [5.41, 5.74) is 3.71. The molecule has 0 spiro atoms. The largest absolute Gasteiger partial charge is 0.496 e. The number of hydrogen-bond acceptors (Lipinski definition) is 3. The molecule has 3 nitrogen and oxygen atoms in total. The fourth-order valence-electron chi connectivity index (χ4n) is 1.99. The van der Waals surface area contributed by atoms with E-state index in [2.05, 4.69) is 26.0 Å². The van der Waals surface area contributed by atoms with Crippen molar-refractivity contribution in [1.29, 1.82) is 5.41 Å². The van der Waals surface area contributed by atoms with Gasteiger partial charge in [0.15, 0.2) is 5.90 Å². The molecule has 0 unspecified atom stereocenters. The zero-order chi connectivity index (χ0) is 12.8. The zero-order valence-corrected chi connectivity index (χ0v) is 11.1. The van der Waals surface area contributed by atoms with Gasteiger partial charge < -0.3 is 9.47 Å². The standard InChI is InChI=1S/C14H21NO2/c1-10-8-11(2)12(13(9-10)16-3)6-5-7-14(15)17-4/h8-9,15H,5-7H2,1-4H3. The first kappa shape index (κ1) is 13.6. The smallest absolute Gasteiger partial charge is 0.180 e. The third-order valence-corrected chi connectivity index (χ3v) is 2.87. The van der Waals surface area contributed by atoms with Crippen LogP contribution in [-0.4, -0.2) is 20.1 Å². The molecule has 0 fully saturated rings. The number of rotatable bonds is 5. The van der Waals surface area contributed by atoms with Crippen molar-refractivity contribution in [2.24, 2.45) is 0 Å². The fraction of sp³-hybridized carbons (Fsp3) is 0.500. The van der Waals surface area contributed by atoms with Gasteiger partial charge in [0.25, 0.3) is 0 Å². The molecular weight excluding hydrogens is 214 g/mol. The van der Waals surface area contributed by atoms with Crippen LogP contribution in [0.5, 0.6) is 5.75 Å². The molecular formula is C14H21NO2. The third-order valence-electron chi connectivity index (χ3n) is 2.87. The molecule has 1 aromatic carbocycles. The monoisotopic (exact) mass is 235 g/mol. The van der Waals surface area contributed by atoms with E-state index in [-0.39, 0.29) is 0 Å². The van der Waals surface area contributed by atoms with Crippen LogP contribution in [0.15, 0.2) is 12.1 Å². The molecule has 0 atom stereocenters. The Labute approximate surface area is 103 Å². The lowest BCUT2D eigenvalue weighted by Crippen LogP contribution is -2.02. The van der Waals surface area contributed by atoms with E-state index < -0.39 is 0 Å². The molecule has 0 aliphatic heterocycles. The molecule has 0 aliphatic rings. The Morgan fingerprint density at radius 3 is 2.53 bits per heavy atom. The predicted molar refractivity (Wildman–Crippen MR) is 70.1 cm³/mol. The number of benzene rings is 1. The Bertz CT molecular complexity index is 399. The molecule has 0 saturated heterocycles. The van der Waals surface area contributed by atoms with E-state index in [4.69, 9.17) is 14.9 Å². The number of nitrogens with one attached hydrogen (secondary N) is 1. The Kier molecular flexibility index (Phi) is 5.01. The third kappa shape index (κ3) is 3.77. The van der Waals surface area contributed by atoms with Gasteiger partial charge in [0, 0.05) is 6.42 Å². The Hall–Kier alpha value is -1.51. The molecule has 3 heteroatoms. The summed E-state index contributed by atoms with van der Waals surface area (Å²) < 4.78 is 10.3. The number of ether oxygens (including phenoxy) is 2. The van der Waals surface area contributed by atoms with Crippen molar-refractivity contribution >= 4 is 5.90 Å². The van der Waals surface area contributed by atoms with Crippen LogP contribution in [0.1, 0.15) is 29.5 Å². The average molecular weight is 235 g/mol. The van der Waals surface area contributed by atoms with E-state index in [1.165, 1.54) is 16.7 Å². The van der Waals surface area contributed by atoms with E-state index in [0.717, 1.165) is 18.6 Å². The van der Waals surface area contributed by atoms with E-state index in [9.17, 15) is 0 Å². The van der Waals surface area contributed by atoms with Gasteiger partial charge in [-0.25, -0.2) is 0 Å². The van der Waals surface area contributed by atoms with E-state index in [0.29, 0.717) is 12.3 Å². The van der Waals surface area contributed by atoms with Gasteiger partial charge in [-0.05, 0) is 49.4 Å². The van der Waals surface area contributed by atoms with Crippen LogP contribution in [0, 0.1) is 19.3 Å². The molecule has 1 N–H and O–H groups in total. The topological polar surface area (TPSA) is 42.3 Å². The summed E-state index contributed by atoms with van der Waals surface area (Å²) in [4.78, 5) is 0. The summed E-state index contributed by atoms with van der Waals surface area (Å²) in [5.74, 6) is 1.29. The van der Waals surface area contributed by atoms with Crippen molar-refractivity contribution in [3.05, 3.63) is 28.8 Å². The lowest BCUT2D eigenvalue weighted by atomic mass is 9.99. The molecule has 0 heterocycles. The quantitative estimate of drug-likeness (QED) is 0.628. The fourth-order valence-corrected chi connectivity index (χ4v) is 1.99. The van der Waals surface area contributed by atoms with Crippen LogP contribution in [0.4, 0.5) is 0 Å². The molecule has 0 radical (unpaired) electrons. The predicted octanol–water partition coefficient (Wildman–Crippen LogP) is 3.26. The summed E-state index contributed by atoms with van der Waals surface area (Å²) >= 11 is 0. The van der Waals surface area contributed by atoms with Crippen molar-refractivity contribution in [1.82, 2.24) is 0 Å². The summed E-state index contributed by atoms with van der Waals surface area (Å²) in [5, 5.41) is 7.44. The zero-order valence-electron chi connectivity index (χ0n) is 11.1. The van der Waals surface area contributed by atoms with E-state index >= 15 is 0 Å². The van der Waals surface area contributed by atoms with Gasteiger partial charge in [-0.2, -0.15) is 0 Å². The first-order valence-electron chi connectivity index (χ1n) is 5.84. The maximum Gasteiger partial charge on any atom is 0.180 e. The van der Waals surface area contributed by atoms with Gasteiger partial charge in [-0.15, -0.1) is 0 Å². The highest BCUT2D eigenvalue weighted by molar-refractivity contribution is 5.72. The van der Waals surface area contributed by atoms with Crippen LogP contribution < -0.4 is 4.74 Å². The summed E-state index contributed by atoms with van der Waals surface area (Å²) in [7, 11) is 3.24. The second kappa shape index (κ2) is 6.28. The van der Waals surface area contributed by atoms with Gasteiger partial charge in [-0.1, -0.05) is 6.07 Å². The first-order chi connectivity index (χ1) is 8.08. The molecule has 1 aromatic rings. The maximum absolute atomic E-state index is 7.44. The minimum atomic E-state index is 0.341. The van der Waals surface area contributed by atoms with E-state index in [1.807, 2.05) is 0 Å². The van der Waals surface area contributed by atoms with Gasteiger partial charge in [0.1, 0.15) is 5.75 Å². The highest BCUT2D eigenvalue weighted by Gasteiger charge is 2.08. The van der Waals surface area contributed by atoms with Crippen molar-refractivity contribution in [3.8, 4) is 5.75 Å². The Balaban J connectivity index is 2.73. The highest BCUT2D eigenvalue weighted by Crippen LogP contribution is 2.25. The number of aryl methyl sites for hydroxylation is 2. The lowest BCUT2D eigenvalue weighted by Gasteiger charge is -2.13. The average Bonchev–Trinajstić information content (AvgIpc) is 2.30. The van der Waals surface area contributed by atoms with Gasteiger partial charge in [0.2, 0.25) is 0 Å². The van der Waals surface area contributed by atoms with Crippen LogP contribution in [0.25, 0.3) is 0 Å². The summed E-state index contributed by atoms with van der Waals surface area (Å²) in [6, 6.07) is 4.23. The van der Waals surface area contributed by atoms with Gasteiger partial charge >= 0.3 is 0 Å². The maximum atomic E-state index is 7.44. The highest BCUT2D eigenvalue weighted by atomic mass is 16.5. The lowest BCUT2D eigenvalue weighted by molar-refractivity contribution is 0.383. The molecule has 0 aliphatic carbocycles. The second-order valence-corrected chi connectivity index (χ2v) is 4.24. The van der Waals surface area contributed by atoms with Crippen molar-refractivity contribution in [3.63, 3.8) is 0 Å². The normalized spacial score (nSPS) is 10.1. The van der Waals surface area contributed by atoms with Crippen LogP contribution in [0.2, 0.25) is 0 Å². The van der Waals surface area contributed by atoms with Crippen molar-refractivity contribution < 1.29 is 9.47 Å². The Morgan fingerprint density at radius 2 is 1.94 bits per heavy atom. The summed E-state index contributed by atoms with van der Waals surface area (Å²) in [6.45, 7) is 4.17. The first-order valence-corrected chi connectivity index (χ1v) is 5.84. The Morgan fingerprint density at radius 1 is 1.24 bits per heavy atom. The minimum absolute atomic E-state index is 0.341. The van der Waals surface area contributed by atoms with Gasteiger partial charge in [0.05, 0.1) is 14.2 Å². The molecule has 1 rings (SSSR count). The molecule has 17 heavy (non-hydrogen) atoms. The molecule has 0 saturated carbocycles. The molecule has 0 aromatic heterocycles. The van der Waals surface area contributed by atoms with Crippen LogP contribution >= 0.6 is 0 Å². The number of methoxy groups -OCH3 is 2. The van der Waals surface area contributed by atoms with Crippen LogP contribution in [0.3, 0.4) is 0 Å².